The van der Waals surface area contributed by atoms with E-state index in [4.69, 9.17) is 9.84 Å². The molecule has 0 spiro atoms. The normalized spacial score (nSPS) is 18.6. The van der Waals surface area contributed by atoms with Gasteiger partial charge in [0.1, 0.15) is 10.8 Å². The fraction of sp³-hybridized carbons (Fsp3) is 0.333. The predicted molar refractivity (Wildman–Crippen MR) is 129 cm³/mol. The van der Waals surface area contributed by atoms with Crippen molar-refractivity contribution in [1.29, 1.82) is 0 Å². The lowest BCUT2D eigenvalue weighted by Gasteiger charge is -2.26. The van der Waals surface area contributed by atoms with Crippen LogP contribution >= 0.6 is 11.3 Å². The minimum Gasteiger partial charge on any atom is -0.495 e. The maximum Gasteiger partial charge on any atom is 0.335 e. The molecule has 7 nitrogen and oxygen atoms in total. The SMILES string of the molecule is COc1cc(C(=O)O)ccc1NS(=O)(=O)c1csc(-c2ccc([C@H]3CC[C@@H](C)CC3)cc2)n1. The largest absolute Gasteiger partial charge is 0.495 e. The Morgan fingerprint density at radius 3 is 2.45 bits per heavy atom. The lowest BCUT2D eigenvalue weighted by molar-refractivity contribution is 0.0696. The molecule has 1 heterocycles. The second-order valence-corrected chi connectivity index (χ2v) is 10.9. The smallest absolute Gasteiger partial charge is 0.335 e. The molecule has 1 aromatic heterocycles. The number of methoxy groups -OCH3 is 1. The van der Waals surface area contributed by atoms with Gasteiger partial charge < -0.3 is 9.84 Å². The van der Waals surface area contributed by atoms with E-state index < -0.39 is 16.0 Å². The number of carbonyl (C=O) groups is 1. The third-order valence-electron chi connectivity index (χ3n) is 6.10. The zero-order chi connectivity index (χ0) is 23.6. The van der Waals surface area contributed by atoms with Crippen LogP contribution in [0.25, 0.3) is 10.6 Å². The molecule has 0 aliphatic heterocycles. The molecule has 1 aliphatic carbocycles. The number of rotatable bonds is 7. The fourth-order valence-corrected chi connectivity index (χ4v) is 6.28. The van der Waals surface area contributed by atoms with Crippen LogP contribution < -0.4 is 9.46 Å². The number of aromatic carboxylic acids is 1. The van der Waals surface area contributed by atoms with E-state index in [1.165, 1.54) is 73.3 Å². The average Bonchev–Trinajstić information content (AvgIpc) is 3.31. The number of ether oxygens (including phenoxy) is 1. The fourth-order valence-electron chi connectivity index (χ4n) is 4.11. The highest BCUT2D eigenvalue weighted by Crippen LogP contribution is 2.36. The van der Waals surface area contributed by atoms with Gasteiger partial charge in [-0.15, -0.1) is 11.3 Å². The van der Waals surface area contributed by atoms with Crippen LogP contribution in [-0.2, 0) is 10.0 Å². The van der Waals surface area contributed by atoms with Gasteiger partial charge in [0.15, 0.2) is 5.03 Å². The second kappa shape index (κ2) is 9.52. The van der Waals surface area contributed by atoms with Gasteiger partial charge in [-0.05, 0) is 48.4 Å². The van der Waals surface area contributed by atoms with E-state index in [9.17, 15) is 13.2 Å². The van der Waals surface area contributed by atoms with Crippen molar-refractivity contribution in [3.63, 3.8) is 0 Å². The topological polar surface area (TPSA) is 106 Å². The zero-order valence-corrected chi connectivity index (χ0v) is 20.1. The maximum atomic E-state index is 12.9. The molecule has 1 aliphatic rings. The molecule has 0 amide bonds. The van der Waals surface area contributed by atoms with Gasteiger partial charge in [-0.3, -0.25) is 4.72 Å². The summed E-state index contributed by atoms with van der Waals surface area (Å²) in [6.07, 6.45) is 4.94. The molecule has 3 aromatic rings. The number of nitrogens with zero attached hydrogens (tertiary/aromatic N) is 1. The highest BCUT2D eigenvalue weighted by molar-refractivity contribution is 7.92. The van der Waals surface area contributed by atoms with E-state index in [1.54, 1.807) is 0 Å². The summed E-state index contributed by atoms with van der Waals surface area (Å²) in [5.74, 6) is 0.381. The van der Waals surface area contributed by atoms with Crippen molar-refractivity contribution in [1.82, 2.24) is 4.98 Å². The highest BCUT2D eigenvalue weighted by Gasteiger charge is 2.22. The van der Waals surface area contributed by atoms with Crippen LogP contribution in [0.2, 0.25) is 0 Å². The lowest BCUT2D eigenvalue weighted by atomic mass is 9.79. The van der Waals surface area contributed by atoms with Crippen LogP contribution in [0, 0.1) is 5.92 Å². The number of anilines is 1. The Kier molecular flexibility index (Phi) is 6.71. The maximum absolute atomic E-state index is 12.9. The lowest BCUT2D eigenvalue weighted by Crippen LogP contribution is -2.14. The number of carboxylic acids is 1. The zero-order valence-electron chi connectivity index (χ0n) is 18.4. The van der Waals surface area contributed by atoms with Gasteiger partial charge in [-0.2, -0.15) is 8.42 Å². The van der Waals surface area contributed by atoms with Crippen LogP contribution in [0.4, 0.5) is 5.69 Å². The van der Waals surface area contributed by atoms with Gasteiger partial charge >= 0.3 is 5.97 Å². The molecule has 1 fully saturated rings. The molecule has 0 atom stereocenters. The molecule has 4 rings (SSSR count). The van der Waals surface area contributed by atoms with E-state index in [2.05, 4.69) is 28.8 Å². The summed E-state index contributed by atoms with van der Waals surface area (Å²) in [5, 5.41) is 11.1. The van der Waals surface area contributed by atoms with E-state index in [-0.39, 0.29) is 22.0 Å². The summed E-state index contributed by atoms with van der Waals surface area (Å²) in [6.45, 7) is 2.31. The molecule has 0 unspecified atom stereocenters. The van der Waals surface area contributed by atoms with Crippen LogP contribution in [0.1, 0.15) is 54.4 Å². The quantitative estimate of drug-likeness (QED) is 0.450. The van der Waals surface area contributed by atoms with Crippen molar-refractivity contribution in [3.8, 4) is 16.3 Å². The Morgan fingerprint density at radius 1 is 1.12 bits per heavy atom. The Balaban J connectivity index is 1.51. The van der Waals surface area contributed by atoms with Crippen LogP contribution in [0.15, 0.2) is 52.9 Å². The first-order valence-electron chi connectivity index (χ1n) is 10.8. The molecule has 1 saturated carbocycles. The van der Waals surface area contributed by atoms with E-state index >= 15 is 0 Å². The number of nitrogens with one attached hydrogen (secondary N) is 1. The van der Waals surface area contributed by atoms with Crippen LogP contribution in [-0.4, -0.2) is 31.6 Å². The van der Waals surface area contributed by atoms with E-state index in [0.29, 0.717) is 10.9 Å². The third-order valence-corrected chi connectivity index (χ3v) is 8.39. The Morgan fingerprint density at radius 2 is 1.82 bits per heavy atom. The number of benzene rings is 2. The van der Waals surface area contributed by atoms with Crippen molar-refractivity contribution in [2.75, 3.05) is 11.8 Å². The Hall–Kier alpha value is -2.91. The average molecular weight is 487 g/mol. The number of hydrogen-bond donors (Lipinski definition) is 2. The van der Waals surface area contributed by atoms with Crippen LogP contribution in [0.5, 0.6) is 5.75 Å². The molecule has 2 N–H and O–H groups in total. The minimum absolute atomic E-state index is 0.00284. The molecule has 174 valence electrons. The number of aromatic nitrogens is 1. The molecular weight excluding hydrogens is 460 g/mol. The van der Waals surface area contributed by atoms with Gasteiger partial charge in [0.2, 0.25) is 0 Å². The van der Waals surface area contributed by atoms with Gasteiger partial charge in [0.05, 0.1) is 18.4 Å². The summed E-state index contributed by atoms with van der Waals surface area (Å²) < 4.78 is 33.4. The Bertz CT molecular complexity index is 1240. The first-order chi connectivity index (χ1) is 15.8. The number of thiazole rings is 1. The molecule has 9 heteroatoms. The highest BCUT2D eigenvalue weighted by atomic mass is 32.2. The van der Waals surface area contributed by atoms with Crippen molar-refractivity contribution < 1.29 is 23.1 Å². The molecule has 2 aromatic carbocycles. The standard InChI is InChI=1S/C24H26N2O5S2/c1-15-3-5-16(6-4-15)17-7-9-18(10-8-17)23-25-22(14-32-23)33(29,30)26-20-12-11-19(24(27)28)13-21(20)31-2/h7-16,26H,3-6H2,1-2H3,(H,27,28)/t15-,16+. The summed E-state index contributed by atoms with van der Waals surface area (Å²) in [7, 11) is -2.63. The van der Waals surface area contributed by atoms with Gasteiger partial charge in [-0.1, -0.05) is 44.0 Å². The monoisotopic (exact) mass is 486 g/mol. The number of hydrogen-bond acceptors (Lipinski definition) is 6. The van der Waals surface area contributed by atoms with Crippen molar-refractivity contribution >= 4 is 33.0 Å². The van der Waals surface area contributed by atoms with E-state index in [0.717, 1.165) is 11.5 Å². The second-order valence-electron chi connectivity index (χ2n) is 8.40. The number of carboxylic acid groups (broad SMARTS) is 1. The molecule has 0 bridgehead atoms. The van der Waals surface area contributed by atoms with E-state index in [1.807, 2.05) is 12.1 Å². The minimum atomic E-state index is -3.97. The summed E-state index contributed by atoms with van der Waals surface area (Å²) >= 11 is 1.26. The van der Waals surface area contributed by atoms with Crippen LogP contribution in [0.3, 0.4) is 0 Å². The first-order valence-corrected chi connectivity index (χ1v) is 13.1. The molecule has 33 heavy (non-hydrogen) atoms. The van der Waals surface area contributed by atoms with Gasteiger partial charge in [0.25, 0.3) is 10.0 Å². The van der Waals surface area contributed by atoms with Gasteiger partial charge in [0, 0.05) is 10.9 Å². The molecular formula is C24H26N2O5S2. The third kappa shape index (κ3) is 5.20. The summed E-state index contributed by atoms with van der Waals surface area (Å²) in [6, 6.07) is 12.2. The van der Waals surface area contributed by atoms with Crippen molar-refractivity contribution in [3.05, 3.63) is 59.0 Å². The predicted octanol–water partition coefficient (Wildman–Crippen LogP) is 5.61. The van der Waals surface area contributed by atoms with Crippen molar-refractivity contribution in [2.24, 2.45) is 5.92 Å². The summed E-state index contributed by atoms with van der Waals surface area (Å²) in [4.78, 5) is 15.5. The van der Waals surface area contributed by atoms with Crippen molar-refractivity contribution in [2.45, 2.75) is 43.6 Å². The number of sulfonamides is 1. The Labute approximate surface area is 197 Å². The summed E-state index contributed by atoms with van der Waals surface area (Å²) in [5.41, 5.74) is 2.34. The molecule has 0 radical (unpaired) electrons. The molecule has 0 saturated heterocycles. The first kappa shape index (κ1) is 23.3. The van der Waals surface area contributed by atoms with Gasteiger partial charge in [-0.25, -0.2) is 9.78 Å².